The molecule has 5 rings (SSSR count). The van der Waals surface area contributed by atoms with Crippen molar-refractivity contribution in [1.29, 1.82) is 0 Å². The van der Waals surface area contributed by atoms with Crippen LogP contribution in [0.25, 0.3) is 17.0 Å². The van der Waals surface area contributed by atoms with Crippen LogP contribution in [0.2, 0.25) is 0 Å². The van der Waals surface area contributed by atoms with E-state index in [-0.39, 0.29) is 43.7 Å². The number of para-hydroxylation sites is 1. The minimum absolute atomic E-state index is 0.0255. The Morgan fingerprint density at radius 1 is 0.974 bits per heavy atom. The monoisotopic (exact) mass is 534 g/mol. The first-order valence-electron chi connectivity index (χ1n) is 12.3. The molecule has 2 saturated heterocycles. The predicted molar refractivity (Wildman–Crippen MR) is 131 cm³/mol. The van der Waals surface area contributed by atoms with Gasteiger partial charge < -0.3 is 34.4 Å². The van der Waals surface area contributed by atoms with Crippen molar-refractivity contribution < 1.29 is 33.3 Å². The Balaban J connectivity index is 1.60. The highest BCUT2D eigenvalue weighted by Crippen LogP contribution is 2.32. The number of ether oxygens (including phenoxy) is 2. The molecule has 15 heteroatoms. The number of fused-ring (bicyclic) bond motifs is 1. The third-order valence-corrected chi connectivity index (χ3v) is 6.36. The SMILES string of the molecule is O=C(O)N1CCN(c2nc(N3CCOCC3)nc(-n3c(C(F)F)nc4c(OCCCO)cccc43)n2)CC1. The number of hydrogen-bond acceptors (Lipinski definition) is 10. The number of nitrogens with zero attached hydrogens (tertiary/aromatic N) is 8. The van der Waals surface area contributed by atoms with Gasteiger partial charge in [-0.15, -0.1) is 0 Å². The number of aromatic nitrogens is 5. The second-order valence-corrected chi connectivity index (χ2v) is 8.75. The summed E-state index contributed by atoms with van der Waals surface area (Å²) in [4.78, 5) is 34.3. The number of aliphatic hydroxyl groups excluding tert-OH is 1. The van der Waals surface area contributed by atoms with Gasteiger partial charge in [0.1, 0.15) is 11.3 Å². The van der Waals surface area contributed by atoms with Gasteiger partial charge in [-0.2, -0.15) is 15.0 Å². The number of carbonyl (C=O) groups is 1. The Morgan fingerprint density at radius 3 is 2.26 bits per heavy atom. The quantitative estimate of drug-likeness (QED) is 0.407. The molecule has 0 saturated carbocycles. The molecule has 13 nitrogen and oxygen atoms in total. The molecule has 2 aliphatic heterocycles. The highest BCUT2D eigenvalue weighted by molar-refractivity contribution is 5.84. The molecule has 4 heterocycles. The lowest BCUT2D eigenvalue weighted by Crippen LogP contribution is -2.49. The highest BCUT2D eigenvalue weighted by Gasteiger charge is 2.28. The van der Waals surface area contributed by atoms with Crippen LogP contribution in [0.5, 0.6) is 5.75 Å². The van der Waals surface area contributed by atoms with E-state index in [1.165, 1.54) is 9.47 Å². The van der Waals surface area contributed by atoms with Crippen molar-refractivity contribution in [2.75, 3.05) is 75.5 Å². The number of benzene rings is 1. The number of imidazole rings is 1. The fraction of sp³-hybridized carbons (Fsp3) is 0.522. The average Bonchev–Trinajstić information content (AvgIpc) is 3.34. The molecule has 2 aliphatic rings. The van der Waals surface area contributed by atoms with Gasteiger partial charge in [-0.1, -0.05) is 6.07 Å². The lowest BCUT2D eigenvalue weighted by Gasteiger charge is -2.34. The Kier molecular flexibility index (Phi) is 7.64. The normalized spacial score (nSPS) is 16.5. The number of halogens is 2. The van der Waals surface area contributed by atoms with E-state index < -0.39 is 18.3 Å². The third-order valence-electron chi connectivity index (χ3n) is 6.36. The van der Waals surface area contributed by atoms with Crippen molar-refractivity contribution in [2.24, 2.45) is 0 Å². The van der Waals surface area contributed by atoms with Crippen LogP contribution in [0, 0.1) is 0 Å². The van der Waals surface area contributed by atoms with E-state index in [0.29, 0.717) is 63.0 Å². The second-order valence-electron chi connectivity index (χ2n) is 8.75. The van der Waals surface area contributed by atoms with Gasteiger partial charge in [-0.05, 0) is 12.1 Å². The molecule has 0 unspecified atom stereocenters. The van der Waals surface area contributed by atoms with E-state index in [1.54, 1.807) is 18.2 Å². The van der Waals surface area contributed by atoms with Crippen LogP contribution in [0.3, 0.4) is 0 Å². The van der Waals surface area contributed by atoms with Crippen LogP contribution in [0.1, 0.15) is 18.7 Å². The summed E-state index contributed by atoms with van der Waals surface area (Å²) in [5, 5.41) is 18.4. The lowest BCUT2D eigenvalue weighted by atomic mass is 10.3. The average molecular weight is 535 g/mol. The van der Waals surface area contributed by atoms with Crippen molar-refractivity contribution in [3.05, 3.63) is 24.0 Å². The van der Waals surface area contributed by atoms with Crippen LogP contribution in [0.4, 0.5) is 25.5 Å². The predicted octanol–water partition coefficient (Wildman–Crippen LogP) is 1.55. The molecule has 0 aliphatic carbocycles. The van der Waals surface area contributed by atoms with E-state index in [9.17, 15) is 18.7 Å². The Labute approximate surface area is 216 Å². The van der Waals surface area contributed by atoms with Crippen molar-refractivity contribution in [3.8, 4) is 11.7 Å². The number of hydrogen-bond donors (Lipinski definition) is 2. The van der Waals surface area contributed by atoms with Crippen LogP contribution < -0.4 is 14.5 Å². The summed E-state index contributed by atoms with van der Waals surface area (Å²) in [7, 11) is 0. The Hall–Kier alpha value is -3.85. The number of alkyl halides is 2. The largest absolute Gasteiger partial charge is 0.491 e. The van der Waals surface area contributed by atoms with E-state index in [2.05, 4.69) is 19.9 Å². The van der Waals surface area contributed by atoms with Crippen LogP contribution in [-0.2, 0) is 4.74 Å². The molecule has 38 heavy (non-hydrogen) atoms. The molecule has 1 amide bonds. The van der Waals surface area contributed by atoms with Crippen LogP contribution in [-0.4, -0.2) is 111 Å². The molecular weight excluding hydrogens is 506 g/mol. The molecule has 3 aromatic rings. The van der Waals surface area contributed by atoms with Gasteiger partial charge in [0.05, 0.1) is 25.3 Å². The van der Waals surface area contributed by atoms with Gasteiger partial charge in [-0.25, -0.2) is 18.6 Å². The summed E-state index contributed by atoms with van der Waals surface area (Å²) < 4.78 is 40.9. The van der Waals surface area contributed by atoms with Crippen molar-refractivity contribution in [1.82, 2.24) is 29.4 Å². The van der Waals surface area contributed by atoms with Crippen LogP contribution >= 0.6 is 0 Å². The smallest absolute Gasteiger partial charge is 0.407 e. The van der Waals surface area contributed by atoms with Crippen molar-refractivity contribution in [2.45, 2.75) is 12.8 Å². The summed E-state index contributed by atoms with van der Waals surface area (Å²) in [5.41, 5.74) is 0.563. The fourth-order valence-electron chi connectivity index (χ4n) is 4.40. The zero-order valence-corrected chi connectivity index (χ0v) is 20.5. The van der Waals surface area contributed by atoms with E-state index >= 15 is 0 Å². The first-order valence-corrected chi connectivity index (χ1v) is 12.3. The fourth-order valence-corrected chi connectivity index (χ4v) is 4.40. The summed E-state index contributed by atoms with van der Waals surface area (Å²) in [5.74, 6) is 0.316. The molecule has 2 fully saturated rings. The standard InChI is InChI=1S/C23H28F2N8O5/c24-18(25)19-26-17-15(3-1-4-16(17)38-12-2-11-34)33(19)22-28-20(30-5-7-32(8-6-30)23(35)36)27-21(29-22)31-9-13-37-14-10-31/h1,3-4,18,34H,2,5-14H2,(H,35,36). The molecule has 204 valence electrons. The van der Waals surface area contributed by atoms with Gasteiger partial charge in [0, 0.05) is 52.3 Å². The van der Waals surface area contributed by atoms with Crippen LogP contribution in [0.15, 0.2) is 18.2 Å². The molecule has 0 radical (unpaired) electrons. The Bertz CT molecular complexity index is 1280. The van der Waals surface area contributed by atoms with Crippen molar-refractivity contribution in [3.63, 3.8) is 0 Å². The molecular formula is C23H28F2N8O5. The highest BCUT2D eigenvalue weighted by atomic mass is 19.3. The van der Waals surface area contributed by atoms with E-state index in [0.717, 1.165) is 0 Å². The summed E-state index contributed by atoms with van der Waals surface area (Å²) >= 11 is 0. The molecule has 0 spiro atoms. The van der Waals surface area contributed by atoms with E-state index in [1.807, 2.05) is 9.80 Å². The van der Waals surface area contributed by atoms with Gasteiger partial charge in [0.25, 0.3) is 6.43 Å². The second kappa shape index (κ2) is 11.3. The number of anilines is 2. The van der Waals surface area contributed by atoms with Gasteiger partial charge in [0.15, 0.2) is 5.82 Å². The molecule has 0 atom stereocenters. The first-order chi connectivity index (χ1) is 18.5. The number of morpholine rings is 1. The minimum Gasteiger partial charge on any atom is -0.491 e. The Morgan fingerprint density at radius 2 is 1.63 bits per heavy atom. The zero-order chi connectivity index (χ0) is 26.6. The summed E-state index contributed by atoms with van der Waals surface area (Å²) in [6, 6.07) is 4.93. The molecule has 0 bridgehead atoms. The topological polar surface area (TPSA) is 142 Å². The number of aliphatic hydroxyl groups is 1. The molecule has 2 aromatic heterocycles. The number of piperazine rings is 1. The summed E-state index contributed by atoms with van der Waals surface area (Å²) in [6.45, 7) is 3.31. The number of carboxylic acid groups (broad SMARTS) is 1. The first kappa shape index (κ1) is 25.8. The van der Waals surface area contributed by atoms with E-state index in [4.69, 9.17) is 14.6 Å². The summed E-state index contributed by atoms with van der Waals surface area (Å²) in [6.07, 6.45) is -3.55. The van der Waals surface area contributed by atoms with Gasteiger partial charge in [-0.3, -0.25) is 4.57 Å². The third kappa shape index (κ3) is 5.24. The number of rotatable bonds is 8. The molecule has 2 N–H and O–H groups in total. The minimum atomic E-state index is -2.93. The zero-order valence-electron chi connectivity index (χ0n) is 20.5. The maximum Gasteiger partial charge on any atom is 0.407 e. The lowest BCUT2D eigenvalue weighted by molar-refractivity contribution is 0.122. The molecule has 1 aromatic carbocycles. The number of amides is 1. The van der Waals surface area contributed by atoms with Gasteiger partial charge >= 0.3 is 6.09 Å². The maximum absolute atomic E-state index is 14.3. The van der Waals surface area contributed by atoms with Gasteiger partial charge in [0.2, 0.25) is 17.8 Å². The maximum atomic E-state index is 14.3. The van der Waals surface area contributed by atoms with Crippen molar-refractivity contribution >= 4 is 29.0 Å².